The summed E-state index contributed by atoms with van der Waals surface area (Å²) in [5.41, 5.74) is 2.75. The van der Waals surface area contributed by atoms with E-state index in [0.717, 1.165) is 36.1 Å². The molecular formula is C17H26N2O3. The third-order valence-corrected chi connectivity index (χ3v) is 3.53. The van der Waals surface area contributed by atoms with E-state index < -0.39 is 12.0 Å². The van der Waals surface area contributed by atoms with Crippen LogP contribution < -0.4 is 10.6 Å². The lowest BCUT2D eigenvalue weighted by molar-refractivity contribution is -0.141. The molecular weight excluding hydrogens is 280 g/mol. The van der Waals surface area contributed by atoms with Gasteiger partial charge >= 0.3 is 5.97 Å². The second-order valence-corrected chi connectivity index (χ2v) is 5.62. The summed E-state index contributed by atoms with van der Waals surface area (Å²) in [5, 5.41) is 14.9. The van der Waals surface area contributed by atoms with Gasteiger partial charge in [0.2, 0.25) is 5.91 Å². The van der Waals surface area contributed by atoms with Gasteiger partial charge in [0.05, 0.1) is 6.42 Å². The predicted molar refractivity (Wildman–Crippen MR) is 88.1 cm³/mol. The van der Waals surface area contributed by atoms with E-state index in [2.05, 4.69) is 17.6 Å². The van der Waals surface area contributed by atoms with Crippen molar-refractivity contribution in [1.82, 2.24) is 5.32 Å². The molecule has 1 rings (SSSR count). The molecule has 0 aliphatic carbocycles. The zero-order chi connectivity index (χ0) is 16.5. The number of rotatable bonds is 9. The van der Waals surface area contributed by atoms with Crippen LogP contribution in [0.15, 0.2) is 18.2 Å². The standard InChI is InChI=1S/C17H26N2O3/c1-4-5-6-9-18-15(17(21)22)11-16(20)19-14-10-12(2)7-8-13(14)3/h7-8,10,15,18H,4-6,9,11H2,1-3H3,(H,19,20)(H,21,22). The van der Waals surface area contributed by atoms with E-state index in [1.807, 2.05) is 32.0 Å². The number of benzene rings is 1. The molecule has 0 heterocycles. The first-order valence-corrected chi connectivity index (χ1v) is 7.77. The summed E-state index contributed by atoms with van der Waals surface area (Å²) in [6.45, 7) is 6.56. The van der Waals surface area contributed by atoms with Gasteiger partial charge in [-0.3, -0.25) is 9.59 Å². The first-order valence-electron chi connectivity index (χ1n) is 7.77. The van der Waals surface area contributed by atoms with Crippen LogP contribution in [0.5, 0.6) is 0 Å². The van der Waals surface area contributed by atoms with E-state index in [9.17, 15) is 14.7 Å². The molecule has 0 aliphatic heterocycles. The number of carbonyl (C=O) groups is 2. The largest absolute Gasteiger partial charge is 0.480 e. The molecule has 122 valence electrons. The Hall–Kier alpha value is -1.88. The lowest BCUT2D eigenvalue weighted by Crippen LogP contribution is -2.40. The van der Waals surface area contributed by atoms with Gasteiger partial charge in [-0.1, -0.05) is 31.9 Å². The highest BCUT2D eigenvalue weighted by Gasteiger charge is 2.20. The summed E-state index contributed by atoms with van der Waals surface area (Å²) in [6.07, 6.45) is 2.97. The molecule has 5 heteroatoms. The van der Waals surface area contributed by atoms with Gasteiger partial charge in [-0.05, 0) is 44.0 Å². The van der Waals surface area contributed by atoms with E-state index in [-0.39, 0.29) is 12.3 Å². The van der Waals surface area contributed by atoms with Crippen molar-refractivity contribution >= 4 is 17.6 Å². The van der Waals surface area contributed by atoms with Crippen molar-refractivity contribution in [2.45, 2.75) is 52.5 Å². The zero-order valence-electron chi connectivity index (χ0n) is 13.6. The molecule has 0 saturated heterocycles. The monoisotopic (exact) mass is 306 g/mol. The first-order chi connectivity index (χ1) is 10.4. The molecule has 5 nitrogen and oxygen atoms in total. The van der Waals surface area contributed by atoms with Crippen molar-refractivity contribution < 1.29 is 14.7 Å². The van der Waals surface area contributed by atoms with Gasteiger partial charge in [0.25, 0.3) is 0 Å². The maximum Gasteiger partial charge on any atom is 0.321 e. The van der Waals surface area contributed by atoms with Crippen molar-refractivity contribution in [2.75, 3.05) is 11.9 Å². The fraction of sp³-hybridized carbons (Fsp3) is 0.529. The van der Waals surface area contributed by atoms with Crippen LogP contribution in [0.1, 0.15) is 43.7 Å². The molecule has 0 bridgehead atoms. The molecule has 1 aromatic carbocycles. The van der Waals surface area contributed by atoms with Crippen LogP contribution in [-0.4, -0.2) is 29.6 Å². The van der Waals surface area contributed by atoms with Crippen molar-refractivity contribution in [3.05, 3.63) is 29.3 Å². The van der Waals surface area contributed by atoms with Gasteiger partial charge < -0.3 is 15.7 Å². The number of unbranched alkanes of at least 4 members (excludes halogenated alkanes) is 2. The van der Waals surface area contributed by atoms with Crippen molar-refractivity contribution in [3.8, 4) is 0 Å². The van der Waals surface area contributed by atoms with E-state index >= 15 is 0 Å². The molecule has 1 amide bonds. The Kier molecular flexibility index (Phi) is 7.60. The Morgan fingerprint density at radius 3 is 2.59 bits per heavy atom. The molecule has 0 saturated carbocycles. The number of hydrogen-bond donors (Lipinski definition) is 3. The van der Waals surface area contributed by atoms with E-state index in [4.69, 9.17) is 0 Å². The Bertz CT molecular complexity index is 515. The molecule has 0 fully saturated rings. The average molecular weight is 306 g/mol. The van der Waals surface area contributed by atoms with Gasteiger partial charge in [0.1, 0.15) is 6.04 Å². The van der Waals surface area contributed by atoms with Crippen LogP contribution in [0, 0.1) is 13.8 Å². The maximum atomic E-state index is 12.1. The quantitative estimate of drug-likeness (QED) is 0.613. The molecule has 0 aliphatic rings. The SMILES string of the molecule is CCCCCNC(CC(=O)Nc1cc(C)ccc1C)C(=O)O. The van der Waals surface area contributed by atoms with Gasteiger partial charge in [-0.2, -0.15) is 0 Å². The molecule has 1 atom stereocenters. The minimum absolute atomic E-state index is 0.0746. The third-order valence-electron chi connectivity index (χ3n) is 3.53. The Labute approximate surface area is 132 Å². The number of amides is 1. The smallest absolute Gasteiger partial charge is 0.321 e. The molecule has 1 aromatic rings. The Morgan fingerprint density at radius 2 is 1.95 bits per heavy atom. The van der Waals surface area contributed by atoms with Gasteiger partial charge in [-0.15, -0.1) is 0 Å². The van der Waals surface area contributed by atoms with Crippen molar-refractivity contribution in [2.24, 2.45) is 0 Å². The number of carbonyl (C=O) groups excluding carboxylic acids is 1. The lowest BCUT2D eigenvalue weighted by atomic mass is 10.1. The Morgan fingerprint density at radius 1 is 1.23 bits per heavy atom. The fourth-order valence-electron chi connectivity index (χ4n) is 2.16. The highest BCUT2D eigenvalue weighted by atomic mass is 16.4. The summed E-state index contributed by atoms with van der Waals surface area (Å²) < 4.78 is 0. The zero-order valence-corrected chi connectivity index (χ0v) is 13.6. The number of aryl methyl sites for hydroxylation is 2. The van der Waals surface area contributed by atoms with Crippen LogP contribution >= 0.6 is 0 Å². The van der Waals surface area contributed by atoms with Crippen molar-refractivity contribution in [1.29, 1.82) is 0 Å². The van der Waals surface area contributed by atoms with Gasteiger partial charge in [-0.25, -0.2) is 0 Å². The van der Waals surface area contributed by atoms with Gasteiger partial charge in [0.15, 0.2) is 0 Å². The minimum atomic E-state index is -0.993. The van der Waals surface area contributed by atoms with Crippen molar-refractivity contribution in [3.63, 3.8) is 0 Å². The third kappa shape index (κ3) is 6.26. The van der Waals surface area contributed by atoms with E-state index in [1.54, 1.807) is 0 Å². The molecule has 22 heavy (non-hydrogen) atoms. The highest BCUT2D eigenvalue weighted by molar-refractivity contribution is 5.94. The molecule has 0 spiro atoms. The molecule has 3 N–H and O–H groups in total. The summed E-state index contributed by atoms with van der Waals surface area (Å²) in [7, 11) is 0. The molecule has 1 unspecified atom stereocenters. The van der Waals surface area contributed by atoms with Crippen LogP contribution in [-0.2, 0) is 9.59 Å². The number of carboxylic acids is 1. The summed E-state index contributed by atoms with van der Waals surface area (Å²) in [5.74, 6) is -1.28. The normalized spacial score (nSPS) is 12.0. The molecule has 0 aromatic heterocycles. The summed E-state index contributed by atoms with van der Waals surface area (Å²) in [6, 6.07) is 4.95. The number of anilines is 1. The minimum Gasteiger partial charge on any atom is -0.480 e. The van der Waals surface area contributed by atoms with Crippen LogP contribution in [0.25, 0.3) is 0 Å². The summed E-state index contributed by atoms with van der Waals surface area (Å²) >= 11 is 0. The molecule has 0 radical (unpaired) electrons. The van der Waals surface area contributed by atoms with Gasteiger partial charge in [0, 0.05) is 5.69 Å². The van der Waals surface area contributed by atoms with Crippen LogP contribution in [0.3, 0.4) is 0 Å². The number of aliphatic carboxylic acids is 1. The van der Waals surface area contributed by atoms with Crippen LogP contribution in [0.4, 0.5) is 5.69 Å². The van der Waals surface area contributed by atoms with E-state index in [1.165, 1.54) is 0 Å². The second kappa shape index (κ2) is 9.20. The highest BCUT2D eigenvalue weighted by Crippen LogP contribution is 2.16. The Balaban J connectivity index is 2.56. The maximum absolute atomic E-state index is 12.1. The van der Waals surface area contributed by atoms with Crippen LogP contribution in [0.2, 0.25) is 0 Å². The number of nitrogens with one attached hydrogen (secondary N) is 2. The predicted octanol–water partition coefficient (Wildman–Crippen LogP) is 2.87. The lowest BCUT2D eigenvalue weighted by Gasteiger charge is -2.15. The first kappa shape index (κ1) is 18.2. The number of hydrogen-bond acceptors (Lipinski definition) is 3. The van der Waals surface area contributed by atoms with E-state index in [0.29, 0.717) is 6.54 Å². The summed E-state index contributed by atoms with van der Waals surface area (Å²) in [4.78, 5) is 23.3. The number of carboxylic acid groups (broad SMARTS) is 1. The average Bonchev–Trinajstić information content (AvgIpc) is 2.46. The topological polar surface area (TPSA) is 78.4 Å². The second-order valence-electron chi connectivity index (χ2n) is 5.62. The fourth-order valence-corrected chi connectivity index (χ4v) is 2.16.